The molecule has 0 aromatic carbocycles. The lowest BCUT2D eigenvalue weighted by molar-refractivity contribution is -0.129. The molecule has 1 saturated carbocycles. The lowest BCUT2D eigenvalue weighted by Gasteiger charge is -2.29. The van der Waals surface area contributed by atoms with Gasteiger partial charge in [-0.1, -0.05) is 39.2 Å². The Labute approximate surface area is 100 Å². The van der Waals surface area contributed by atoms with E-state index in [1.807, 2.05) is 6.08 Å². The number of Topliss-reactive ketones (excluding diaryl/α,β-unsaturated/α-hetero) is 1. The van der Waals surface area contributed by atoms with Crippen LogP contribution in [0.25, 0.3) is 0 Å². The Balaban J connectivity index is 2.46. The van der Waals surface area contributed by atoms with Gasteiger partial charge in [0.05, 0.1) is 0 Å². The van der Waals surface area contributed by atoms with E-state index >= 15 is 0 Å². The van der Waals surface area contributed by atoms with Crippen molar-refractivity contribution in [3.63, 3.8) is 0 Å². The van der Waals surface area contributed by atoms with E-state index in [-0.39, 0.29) is 5.92 Å². The quantitative estimate of drug-likeness (QED) is 0.610. The molecule has 0 aromatic rings. The predicted molar refractivity (Wildman–Crippen MR) is 69.3 cm³/mol. The fourth-order valence-corrected chi connectivity index (χ4v) is 2.99. The van der Waals surface area contributed by atoms with Crippen LogP contribution in [-0.2, 0) is 4.79 Å². The van der Waals surface area contributed by atoms with Crippen LogP contribution in [0.15, 0.2) is 12.7 Å². The summed E-state index contributed by atoms with van der Waals surface area (Å²) in [6.45, 7) is 8.26. The first-order valence-corrected chi connectivity index (χ1v) is 6.83. The average molecular weight is 222 g/mol. The minimum absolute atomic E-state index is 0.282. The molecule has 3 unspecified atom stereocenters. The zero-order valence-electron chi connectivity index (χ0n) is 10.9. The molecule has 1 nitrogen and oxygen atoms in total. The van der Waals surface area contributed by atoms with Crippen LogP contribution < -0.4 is 0 Å². The number of ketones is 1. The Hall–Kier alpha value is -0.590. The first-order valence-electron chi connectivity index (χ1n) is 6.83. The van der Waals surface area contributed by atoms with Crippen LogP contribution in [0.1, 0.15) is 58.8 Å². The number of hydrogen-bond acceptors (Lipinski definition) is 1. The third-order valence-electron chi connectivity index (χ3n) is 3.83. The lowest BCUT2D eigenvalue weighted by atomic mass is 9.75. The van der Waals surface area contributed by atoms with Crippen LogP contribution in [0.4, 0.5) is 0 Å². The molecule has 0 N–H and O–H groups in total. The van der Waals surface area contributed by atoms with Crippen LogP contribution in [0.2, 0.25) is 0 Å². The van der Waals surface area contributed by atoms with Crippen LogP contribution in [0, 0.1) is 17.8 Å². The van der Waals surface area contributed by atoms with Crippen LogP contribution in [0.3, 0.4) is 0 Å². The molecule has 1 heteroatoms. The lowest BCUT2D eigenvalue weighted by Crippen LogP contribution is -2.29. The van der Waals surface area contributed by atoms with Crippen molar-refractivity contribution in [1.29, 1.82) is 0 Å². The van der Waals surface area contributed by atoms with Crippen molar-refractivity contribution in [3.05, 3.63) is 12.7 Å². The van der Waals surface area contributed by atoms with Crippen molar-refractivity contribution >= 4 is 5.78 Å². The zero-order valence-corrected chi connectivity index (χ0v) is 10.9. The molecule has 1 aliphatic rings. The van der Waals surface area contributed by atoms with Crippen molar-refractivity contribution in [2.75, 3.05) is 0 Å². The van der Waals surface area contributed by atoms with Crippen molar-refractivity contribution in [2.24, 2.45) is 17.8 Å². The molecule has 0 aromatic heterocycles. The number of carbonyl (C=O) groups is 1. The summed E-state index contributed by atoms with van der Waals surface area (Å²) in [6.07, 6.45) is 9.84. The minimum atomic E-state index is 0.282. The summed E-state index contributed by atoms with van der Waals surface area (Å²) in [5.41, 5.74) is 0. The Morgan fingerprint density at radius 1 is 1.44 bits per heavy atom. The first-order chi connectivity index (χ1) is 7.69. The number of carbonyl (C=O) groups excluding carboxylic acids is 1. The van der Waals surface area contributed by atoms with Gasteiger partial charge in [0.25, 0.3) is 0 Å². The van der Waals surface area contributed by atoms with Crippen molar-refractivity contribution in [3.8, 4) is 0 Å². The summed E-state index contributed by atoms with van der Waals surface area (Å²) < 4.78 is 0. The molecule has 0 aliphatic heterocycles. The normalized spacial score (nSPS) is 27.8. The van der Waals surface area contributed by atoms with E-state index in [0.717, 1.165) is 25.7 Å². The average Bonchev–Trinajstić information content (AvgIpc) is 2.24. The molecule has 1 rings (SSSR count). The van der Waals surface area contributed by atoms with Crippen molar-refractivity contribution < 1.29 is 4.79 Å². The van der Waals surface area contributed by atoms with Gasteiger partial charge in [-0.25, -0.2) is 0 Å². The van der Waals surface area contributed by atoms with E-state index in [9.17, 15) is 4.79 Å². The Bertz CT molecular complexity index is 232. The first kappa shape index (κ1) is 13.5. The summed E-state index contributed by atoms with van der Waals surface area (Å²) >= 11 is 0. The smallest absolute Gasteiger partial charge is 0.139 e. The molecule has 0 saturated heterocycles. The standard InChI is InChI=1S/C15H26O/c1-4-7-12(3)11-14-10-6-9-13(8-5-2)15(14)16/h5,12-14H,2,4,6-11H2,1,3H3. The third kappa shape index (κ3) is 3.77. The summed E-state index contributed by atoms with van der Waals surface area (Å²) in [4.78, 5) is 12.2. The van der Waals surface area contributed by atoms with Crippen molar-refractivity contribution in [1.82, 2.24) is 0 Å². The van der Waals surface area contributed by atoms with Gasteiger partial charge in [0, 0.05) is 11.8 Å². The number of hydrogen-bond donors (Lipinski definition) is 0. The topological polar surface area (TPSA) is 17.1 Å². The van der Waals surface area contributed by atoms with E-state index in [0.29, 0.717) is 17.6 Å². The molecule has 0 heterocycles. The highest BCUT2D eigenvalue weighted by molar-refractivity contribution is 5.84. The maximum absolute atomic E-state index is 12.2. The molecule has 0 spiro atoms. The minimum Gasteiger partial charge on any atom is -0.299 e. The second-order valence-corrected chi connectivity index (χ2v) is 5.38. The maximum Gasteiger partial charge on any atom is 0.139 e. The summed E-state index contributed by atoms with van der Waals surface area (Å²) in [5, 5.41) is 0. The molecular weight excluding hydrogens is 196 g/mol. The molecule has 92 valence electrons. The van der Waals surface area contributed by atoms with Gasteiger partial charge in [0.2, 0.25) is 0 Å². The maximum atomic E-state index is 12.2. The fraction of sp³-hybridized carbons (Fsp3) is 0.800. The van der Waals surface area contributed by atoms with Gasteiger partial charge in [0.1, 0.15) is 5.78 Å². The Kier molecular flexibility index (Phi) is 5.79. The molecule has 0 bridgehead atoms. The third-order valence-corrected chi connectivity index (χ3v) is 3.83. The van der Waals surface area contributed by atoms with Gasteiger partial charge in [0.15, 0.2) is 0 Å². The van der Waals surface area contributed by atoms with E-state index < -0.39 is 0 Å². The van der Waals surface area contributed by atoms with Crippen molar-refractivity contribution in [2.45, 2.75) is 58.8 Å². The highest BCUT2D eigenvalue weighted by Crippen LogP contribution is 2.32. The van der Waals surface area contributed by atoms with E-state index in [1.54, 1.807) is 0 Å². The summed E-state index contributed by atoms with van der Waals surface area (Å²) in [6, 6.07) is 0. The molecular formula is C15H26O. The van der Waals surface area contributed by atoms with Crippen LogP contribution >= 0.6 is 0 Å². The van der Waals surface area contributed by atoms with Gasteiger partial charge >= 0.3 is 0 Å². The molecule has 3 atom stereocenters. The Morgan fingerprint density at radius 2 is 2.12 bits per heavy atom. The van der Waals surface area contributed by atoms with Gasteiger partial charge in [-0.05, 0) is 31.6 Å². The highest BCUT2D eigenvalue weighted by atomic mass is 16.1. The fourth-order valence-electron chi connectivity index (χ4n) is 2.99. The SMILES string of the molecule is C=CCC1CCCC(CC(C)CCC)C1=O. The molecule has 1 aliphatic carbocycles. The number of allylic oxidation sites excluding steroid dienone is 1. The molecule has 0 radical (unpaired) electrons. The van der Waals surface area contributed by atoms with E-state index in [4.69, 9.17) is 0 Å². The largest absolute Gasteiger partial charge is 0.299 e. The molecule has 0 amide bonds. The van der Waals surface area contributed by atoms with Crippen LogP contribution in [0.5, 0.6) is 0 Å². The predicted octanol–water partition coefficient (Wildman–Crippen LogP) is 4.37. The second kappa shape index (κ2) is 6.88. The number of rotatable bonds is 6. The Morgan fingerprint density at radius 3 is 2.75 bits per heavy atom. The monoisotopic (exact) mass is 222 g/mol. The van der Waals surface area contributed by atoms with Gasteiger partial charge in [-0.2, -0.15) is 0 Å². The highest BCUT2D eigenvalue weighted by Gasteiger charge is 2.30. The molecule has 1 fully saturated rings. The van der Waals surface area contributed by atoms with Gasteiger partial charge < -0.3 is 0 Å². The van der Waals surface area contributed by atoms with Gasteiger partial charge in [-0.15, -0.1) is 6.58 Å². The second-order valence-electron chi connectivity index (χ2n) is 5.38. The zero-order chi connectivity index (χ0) is 12.0. The summed E-state index contributed by atoms with van der Waals surface area (Å²) in [7, 11) is 0. The van der Waals surface area contributed by atoms with Crippen LogP contribution in [-0.4, -0.2) is 5.78 Å². The van der Waals surface area contributed by atoms with E-state index in [1.165, 1.54) is 19.3 Å². The summed E-state index contributed by atoms with van der Waals surface area (Å²) in [5.74, 6) is 1.86. The molecule has 16 heavy (non-hydrogen) atoms. The van der Waals surface area contributed by atoms with E-state index in [2.05, 4.69) is 20.4 Å². The van der Waals surface area contributed by atoms with Gasteiger partial charge in [-0.3, -0.25) is 4.79 Å².